The molecule has 1 aromatic rings. The molecule has 0 spiro atoms. The van der Waals surface area contributed by atoms with E-state index >= 15 is 0 Å². The number of nitrogens with zero attached hydrogens (tertiary/aromatic N) is 1. The minimum atomic E-state index is 0.695. The van der Waals surface area contributed by atoms with Gasteiger partial charge >= 0.3 is 0 Å². The third-order valence-electron chi connectivity index (χ3n) is 4.48. The van der Waals surface area contributed by atoms with Crippen LogP contribution < -0.4 is 10.1 Å². The van der Waals surface area contributed by atoms with Gasteiger partial charge in [0, 0.05) is 12.6 Å². The van der Waals surface area contributed by atoms with Crippen LogP contribution in [0.25, 0.3) is 0 Å². The van der Waals surface area contributed by atoms with Crippen molar-refractivity contribution < 1.29 is 4.74 Å². The minimum absolute atomic E-state index is 0.695. The number of benzene rings is 1. The first-order valence-corrected chi connectivity index (χ1v) is 8.52. The Hall–Kier alpha value is -0.770. The standard InChI is InChI=1S/C17H25ClN2O/c18-16-3-1-2-4-17(16)21-12-11-20-9-7-15(8-10-20)19-13-14-5-6-14/h1-4,14-15,19H,5-13H2. The molecule has 1 heterocycles. The summed E-state index contributed by atoms with van der Waals surface area (Å²) in [6, 6.07) is 8.41. The lowest BCUT2D eigenvalue weighted by molar-refractivity contribution is 0.164. The number of para-hydroxylation sites is 1. The summed E-state index contributed by atoms with van der Waals surface area (Å²) in [5, 5.41) is 4.41. The number of rotatable bonds is 7. The third kappa shape index (κ3) is 4.87. The molecular formula is C17H25ClN2O. The van der Waals surface area contributed by atoms with Crippen molar-refractivity contribution in [3.05, 3.63) is 29.3 Å². The summed E-state index contributed by atoms with van der Waals surface area (Å²) in [5.74, 6) is 1.77. The van der Waals surface area contributed by atoms with Crippen LogP contribution in [-0.2, 0) is 0 Å². The average molecular weight is 309 g/mol. The van der Waals surface area contributed by atoms with E-state index in [-0.39, 0.29) is 0 Å². The Morgan fingerprint density at radius 2 is 1.90 bits per heavy atom. The van der Waals surface area contributed by atoms with E-state index in [1.54, 1.807) is 0 Å². The quantitative estimate of drug-likeness (QED) is 0.837. The van der Waals surface area contributed by atoms with Crippen molar-refractivity contribution in [1.29, 1.82) is 0 Å². The predicted octanol–water partition coefficient (Wildman–Crippen LogP) is 3.18. The van der Waals surface area contributed by atoms with Crippen LogP contribution in [0.15, 0.2) is 24.3 Å². The Balaban J connectivity index is 1.31. The first-order valence-electron chi connectivity index (χ1n) is 8.14. The molecule has 2 fully saturated rings. The minimum Gasteiger partial charge on any atom is -0.491 e. The van der Waals surface area contributed by atoms with Crippen molar-refractivity contribution in [3.8, 4) is 5.75 Å². The number of halogens is 1. The Morgan fingerprint density at radius 3 is 2.62 bits per heavy atom. The summed E-state index contributed by atoms with van der Waals surface area (Å²) in [5.41, 5.74) is 0. The van der Waals surface area contributed by atoms with E-state index in [2.05, 4.69) is 10.2 Å². The van der Waals surface area contributed by atoms with Crippen molar-refractivity contribution >= 4 is 11.6 Å². The van der Waals surface area contributed by atoms with Gasteiger partial charge in [-0.25, -0.2) is 0 Å². The monoisotopic (exact) mass is 308 g/mol. The topological polar surface area (TPSA) is 24.5 Å². The van der Waals surface area contributed by atoms with Gasteiger partial charge in [0.15, 0.2) is 0 Å². The van der Waals surface area contributed by atoms with Gasteiger partial charge < -0.3 is 10.1 Å². The summed E-state index contributed by atoms with van der Waals surface area (Å²) in [7, 11) is 0. The van der Waals surface area contributed by atoms with E-state index in [0.717, 1.165) is 24.3 Å². The normalized spacial score (nSPS) is 20.6. The highest BCUT2D eigenvalue weighted by atomic mass is 35.5. The smallest absolute Gasteiger partial charge is 0.137 e. The largest absolute Gasteiger partial charge is 0.491 e. The molecule has 0 unspecified atom stereocenters. The highest BCUT2D eigenvalue weighted by Crippen LogP contribution is 2.28. The fraction of sp³-hybridized carbons (Fsp3) is 0.647. The van der Waals surface area contributed by atoms with Crippen molar-refractivity contribution in [2.75, 3.05) is 32.8 Å². The number of hydrogen-bond acceptors (Lipinski definition) is 3. The molecule has 0 bridgehead atoms. The fourth-order valence-electron chi connectivity index (χ4n) is 2.86. The molecule has 1 saturated carbocycles. The molecule has 0 aromatic heterocycles. The summed E-state index contributed by atoms with van der Waals surface area (Å²) in [6.07, 6.45) is 5.40. The number of likely N-dealkylation sites (tertiary alicyclic amines) is 1. The van der Waals surface area contributed by atoms with Crippen molar-refractivity contribution in [1.82, 2.24) is 10.2 Å². The Kier molecular flexibility index (Phi) is 5.39. The lowest BCUT2D eigenvalue weighted by Gasteiger charge is -2.32. The van der Waals surface area contributed by atoms with E-state index in [0.29, 0.717) is 11.6 Å². The highest BCUT2D eigenvalue weighted by molar-refractivity contribution is 6.32. The molecule has 3 nitrogen and oxygen atoms in total. The van der Waals surface area contributed by atoms with E-state index in [1.807, 2.05) is 24.3 Å². The lowest BCUT2D eigenvalue weighted by Crippen LogP contribution is -2.44. The number of hydrogen-bond donors (Lipinski definition) is 1. The van der Waals surface area contributed by atoms with Gasteiger partial charge in [-0.2, -0.15) is 0 Å². The van der Waals surface area contributed by atoms with Gasteiger partial charge in [-0.1, -0.05) is 23.7 Å². The average Bonchev–Trinajstić information content (AvgIpc) is 3.33. The Morgan fingerprint density at radius 1 is 1.14 bits per heavy atom. The number of ether oxygens (including phenoxy) is 1. The zero-order chi connectivity index (χ0) is 14.5. The molecule has 2 aliphatic rings. The third-order valence-corrected chi connectivity index (χ3v) is 4.79. The summed E-state index contributed by atoms with van der Waals surface area (Å²) >= 11 is 6.08. The second-order valence-electron chi connectivity index (χ2n) is 6.25. The summed E-state index contributed by atoms with van der Waals surface area (Å²) in [4.78, 5) is 2.49. The van der Waals surface area contributed by atoms with Gasteiger partial charge in [-0.05, 0) is 63.4 Å². The van der Waals surface area contributed by atoms with E-state index in [1.165, 1.54) is 45.3 Å². The summed E-state index contributed by atoms with van der Waals surface area (Å²) in [6.45, 7) is 5.28. The lowest BCUT2D eigenvalue weighted by atomic mass is 10.0. The zero-order valence-electron chi connectivity index (χ0n) is 12.6. The van der Waals surface area contributed by atoms with E-state index < -0.39 is 0 Å². The summed E-state index contributed by atoms with van der Waals surface area (Å²) < 4.78 is 5.76. The first-order chi connectivity index (χ1) is 10.3. The Labute approximate surface area is 132 Å². The fourth-order valence-corrected chi connectivity index (χ4v) is 3.05. The van der Waals surface area contributed by atoms with Crippen molar-refractivity contribution in [2.24, 2.45) is 5.92 Å². The van der Waals surface area contributed by atoms with Crippen molar-refractivity contribution in [3.63, 3.8) is 0 Å². The predicted molar refractivity (Wildman–Crippen MR) is 87.1 cm³/mol. The molecule has 21 heavy (non-hydrogen) atoms. The maximum Gasteiger partial charge on any atom is 0.137 e. The van der Waals surface area contributed by atoms with Crippen LogP contribution >= 0.6 is 11.6 Å². The van der Waals surface area contributed by atoms with E-state index in [9.17, 15) is 0 Å². The molecule has 3 rings (SSSR count). The second kappa shape index (κ2) is 7.48. The van der Waals surface area contributed by atoms with Crippen LogP contribution in [0.3, 0.4) is 0 Å². The van der Waals surface area contributed by atoms with Gasteiger partial charge in [0.2, 0.25) is 0 Å². The molecule has 1 aliphatic heterocycles. The van der Waals surface area contributed by atoms with Gasteiger partial charge in [0.25, 0.3) is 0 Å². The van der Waals surface area contributed by atoms with Gasteiger partial charge in [-0.3, -0.25) is 4.90 Å². The van der Waals surface area contributed by atoms with E-state index in [4.69, 9.17) is 16.3 Å². The van der Waals surface area contributed by atoms with Crippen LogP contribution in [0.4, 0.5) is 0 Å². The van der Waals surface area contributed by atoms with Crippen LogP contribution in [0.2, 0.25) is 5.02 Å². The molecule has 1 N–H and O–H groups in total. The second-order valence-corrected chi connectivity index (χ2v) is 6.65. The molecule has 1 aromatic carbocycles. The van der Waals surface area contributed by atoms with Gasteiger partial charge in [-0.15, -0.1) is 0 Å². The molecule has 116 valence electrons. The van der Waals surface area contributed by atoms with Crippen LogP contribution in [-0.4, -0.2) is 43.7 Å². The maximum absolute atomic E-state index is 6.08. The van der Waals surface area contributed by atoms with Crippen LogP contribution in [0, 0.1) is 5.92 Å². The number of nitrogens with one attached hydrogen (secondary N) is 1. The highest BCUT2D eigenvalue weighted by Gasteiger charge is 2.24. The molecule has 0 amide bonds. The van der Waals surface area contributed by atoms with Gasteiger partial charge in [0.05, 0.1) is 5.02 Å². The van der Waals surface area contributed by atoms with Crippen molar-refractivity contribution in [2.45, 2.75) is 31.7 Å². The molecule has 0 atom stereocenters. The molecule has 4 heteroatoms. The molecule has 1 aliphatic carbocycles. The van der Waals surface area contributed by atoms with Crippen LogP contribution in [0.1, 0.15) is 25.7 Å². The molecular weight excluding hydrogens is 284 g/mol. The molecule has 0 radical (unpaired) electrons. The number of piperidine rings is 1. The van der Waals surface area contributed by atoms with Gasteiger partial charge in [0.1, 0.15) is 12.4 Å². The van der Waals surface area contributed by atoms with Crippen LogP contribution in [0.5, 0.6) is 5.75 Å². The maximum atomic E-state index is 6.08. The molecule has 1 saturated heterocycles. The zero-order valence-corrected chi connectivity index (χ0v) is 13.3. The SMILES string of the molecule is Clc1ccccc1OCCN1CCC(NCC2CC2)CC1. The first kappa shape index (κ1) is 15.1. The Bertz CT molecular complexity index is 442.